The zero-order valence-corrected chi connectivity index (χ0v) is 15.3. The average molecular weight is 389 g/mol. The van der Waals surface area contributed by atoms with Crippen LogP contribution >= 0.6 is 11.3 Å². The van der Waals surface area contributed by atoms with Crippen LogP contribution in [0.3, 0.4) is 0 Å². The Morgan fingerprint density at radius 3 is 2.70 bits per heavy atom. The van der Waals surface area contributed by atoms with Crippen molar-refractivity contribution in [3.05, 3.63) is 59.2 Å². The highest BCUT2D eigenvalue weighted by Crippen LogP contribution is 2.27. The van der Waals surface area contributed by atoms with Crippen molar-refractivity contribution in [1.82, 2.24) is 10.3 Å². The van der Waals surface area contributed by atoms with Crippen molar-refractivity contribution in [1.29, 1.82) is 0 Å². The van der Waals surface area contributed by atoms with Gasteiger partial charge in [0.2, 0.25) is 5.91 Å². The number of halogens is 2. The van der Waals surface area contributed by atoms with Crippen molar-refractivity contribution in [3.63, 3.8) is 0 Å². The minimum atomic E-state index is -0.946. The number of nitrogens with one attached hydrogen (secondary N) is 2. The van der Waals surface area contributed by atoms with Crippen LogP contribution in [-0.4, -0.2) is 23.3 Å². The number of carbonyl (C=O) groups excluding carboxylic acids is 2. The highest BCUT2D eigenvalue weighted by atomic mass is 32.1. The van der Waals surface area contributed by atoms with Gasteiger partial charge in [-0.2, -0.15) is 0 Å². The maximum Gasteiger partial charge on any atom is 0.254 e. The Balaban J connectivity index is 1.53. The first-order valence-electron chi connectivity index (χ1n) is 8.39. The molecule has 5 nitrogen and oxygen atoms in total. The summed E-state index contributed by atoms with van der Waals surface area (Å²) in [6.07, 6.45) is 0.925. The number of aromatic nitrogens is 1. The summed E-state index contributed by atoms with van der Waals surface area (Å²) in [4.78, 5) is 28.3. The van der Waals surface area contributed by atoms with Gasteiger partial charge in [0.05, 0.1) is 15.8 Å². The van der Waals surface area contributed by atoms with Crippen LogP contribution in [0.5, 0.6) is 0 Å². The predicted molar refractivity (Wildman–Crippen MR) is 101 cm³/mol. The van der Waals surface area contributed by atoms with E-state index in [2.05, 4.69) is 22.5 Å². The fraction of sp³-hybridized carbons (Fsp3) is 0.211. The Bertz CT molecular complexity index is 1000. The Morgan fingerprint density at radius 1 is 1.15 bits per heavy atom. The molecule has 0 aliphatic heterocycles. The summed E-state index contributed by atoms with van der Waals surface area (Å²) >= 11 is 1.38. The summed E-state index contributed by atoms with van der Waals surface area (Å²) in [5.74, 6) is -2.72. The fourth-order valence-corrected chi connectivity index (χ4v) is 3.43. The van der Waals surface area contributed by atoms with E-state index in [9.17, 15) is 18.4 Å². The fourth-order valence-electron chi connectivity index (χ4n) is 2.48. The van der Waals surface area contributed by atoms with E-state index in [0.717, 1.165) is 28.8 Å². The van der Waals surface area contributed by atoms with Crippen molar-refractivity contribution in [2.75, 3.05) is 11.9 Å². The van der Waals surface area contributed by atoms with Gasteiger partial charge in [0, 0.05) is 19.0 Å². The third kappa shape index (κ3) is 4.65. The standard InChI is InChI=1S/C19H17F2N3O2S/c1-2-11-3-6-15-16(9-11)27-19(23-15)24-17(25)7-8-22-18(26)13-5-4-12(20)10-14(13)21/h3-6,9-10H,2,7-8H2,1H3,(H,22,26)(H,23,24,25). The van der Waals surface area contributed by atoms with Crippen LogP contribution in [0, 0.1) is 11.6 Å². The predicted octanol–water partition coefficient (Wildman–Crippen LogP) is 3.90. The van der Waals surface area contributed by atoms with E-state index in [1.165, 1.54) is 16.9 Å². The molecule has 2 amide bonds. The summed E-state index contributed by atoms with van der Waals surface area (Å²) in [7, 11) is 0. The molecule has 0 radical (unpaired) electrons. The van der Waals surface area contributed by atoms with E-state index in [-0.39, 0.29) is 24.4 Å². The van der Waals surface area contributed by atoms with Crippen molar-refractivity contribution in [2.45, 2.75) is 19.8 Å². The quantitative estimate of drug-likeness (QED) is 0.672. The van der Waals surface area contributed by atoms with Gasteiger partial charge in [-0.05, 0) is 36.2 Å². The second-order valence-electron chi connectivity index (χ2n) is 5.85. The number of anilines is 1. The second kappa shape index (κ2) is 8.22. The number of hydrogen-bond donors (Lipinski definition) is 2. The molecule has 2 aromatic carbocycles. The third-order valence-corrected chi connectivity index (χ3v) is 4.85. The van der Waals surface area contributed by atoms with Gasteiger partial charge in [-0.15, -0.1) is 0 Å². The molecule has 0 atom stereocenters. The first-order chi connectivity index (χ1) is 13.0. The lowest BCUT2D eigenvalue weighted by Gasteiger charge is -2.06. The number of amides is 2. The van der Waals surface area contributed by atoms with Crippen molar-refractivity contribution in [2.24, 2.45) is 0 Å². The van der Waals surface area contributed by atoms with Crippen LogP contribution < -0.4 is 10.6 Å². The molecule has 0 aliphatic rings. The average Bonchev–Trinajstić information content (AvgIpc) is 3.02. The molecule has 0 spiro atoms. The maximum atomic E-state index is 13.5. The molecule has 0 saturated carbocycles. The van der Waals surface area contributed by atoms with Crippen molar-refractivity contribution < 1.29 is 18.4 Å². The number of aryl methyl sites for hydroxylation is 1. The summed E-state index contributed by atoms with van der Waals surface area (Å²) in [5.41, 5.74) is 1.74. The third-order valence-electron chi connectivity index (χ3n) is 3.92. The molecule has 0 fully saturated rings. The number of fused-ring (bicyclic) bond motifs is 1. The van der Waals surface area contributed by atoms with Gasteiger partial charge in [-0.25, -0.2) is 13.8 Å². The van der Waals surface area contributed by atoms with Gasteiger partial charge in [-0.3, -0.25) is 9.59 Å². The largest absolute Gasteiger partial charge is 0.351 e. The van der Waals surface area contributed by atoms with Crippen LogP contribution in [0.1, 0.15) is 29.3 Å². The van der Waals surface area contributed by atoms with Crippen LogP contribution in [0.2, 0.25) is 0 Å². The topological polar surface area (TPSA) is 71.1 Å². The van der Waals surface area contributed by atoms with E-state index in [4.69, 9.17) is 0 Å². The Labute approximate surface area is 158 Å². The van der Waals surface area contributed by atoms with E-state index in [0.29, 0.717) is 11.2 Å². The number of nitrogens with zero attached hydrogens (tertiary/aromatic N) is 1. The summed E-state index contributed by atoms with van der Waals surface area (Å²) in [6, 6.07) is 8.65. The lowest BCUT2D eigenvalue weighted by molar-refractivity contribution is -0.116. The highest BCUT2D eigenvalue weighted by Gasteiger charge is 2.13. The van der Waals surface area contributed by atoms with Gasteiger partial charge in [0.15, 0.2) is 5.13 Å². The summed E-state index contributed by atoms with van der Waals surface area (Å²) in [5, 5.41) is 5.62. The van der Waals surface area contributed by atoms with Crippen LogP contribution in [0.15, 0.2) is 36.4 Å². The van der Waals surface area contributed by atoms with Gasteiger partial charge >= 0.3 is 0 Å². The van der Waals surface area contributed by atoms with E-state index < -0.39 is 17.5 Å². The van der Waals surface area contributed by atoms with E-state index >= 15 is 0 Å². The molecule has 8 heteroatoms. The van der Waals surface area contributed by atoms with Crippen molar-refractivity contribution in [3.8, 4) is 0 Å². The van der Waals surface area contributed by atoms with Crippen LogP contribution in [0.4, 0.5) is 13.9 Å². The summed E-state index contributed by atoms with van der Waals surface area (Å²) in [6.45, 7) is 2.09. The second-order valence-corrected chi connectivity index (χ2v) is 6.88. The normalized spacial score (nSPS) is 10.8. The maximum absolute atomic E-state index is 13.5. The monoisotopic (exact) mass is 389 g/mol. The number of benzene rings is 2. The van der Waals surface area contributed by atoms with E-state index in [1.807, 2.05) is 18.2 Å². The van der Waals surface area contributed by atoms with Gasteiger partial charge < -0.3 is 10.6 Å². The first kappa shape index (κ1) is 18.9. The molecule has 27 heavy (non-hydrogen) atoms. The minimum absolute atomic E-state index is 0.00465. The zero-order chi connectivity index (χ0) is 19.4. The lowest BCUT2D eigenvalue weighted by atomic mass is 10.2. The van der Waals surface area contributed by atoms with Gasteiger partial charge in [-0.1, -0.05) is 24.3 Å². The zero-order valence-electron chi connectivity index (χ0n) is 14.5. The smallest absolute Gasteiger partial charge is 0.254 e. The van der Waals surface area contributed by atoms with Crippen LogP contribution in [0.25, 0.3) is 10.2 Å². The molecule has 0 aliphatic carbocycles. The Hall–Kier alpha value is -2.87. The van der Waals surface area contributed by atoms with Crippen molar-refractivity contribution >= 4 is 38.5 Å². The molecule has 0 bridgehead atoms. The molecule has 0 saturated heterocycles. The molecule has 1 aromatic heterocycles. The highest BCUT2D eigenvalue weighted by molar-refractivity contribution is 7.22. The molecule has 140 valence electrons. The van der Waals surface area contributed by atoms with Gasteiger partial charge in [0.1, 0.15) is 11.6 Å². The number of carbonyl (C=O) groups is 2. The molecule has 2 N–H and O–H groups in total. The van der Waals surface area contributed by atoms with E-state index in [1.54, 1.807) is 0 Å². The minimum Gasteiger partial charge on any atom is -0.351 e. The molecule has 0 unspecified atom stereocenters. The first-order valence-corrected chi connectivity index (χ1v) is 9.20. The number of hydrogen-bond acceptors (Lipinski definition) is 4. The SMILES string of the molecule is CCc1ccc2nc(NC(=O)CCNC(=O)c3ccc(F)cc3F)sc2c1. The molecule has 3 rings (SSSR count). The number of rotatable bonds is 6. The molecular weight excluding hydrogens is 372 g/mol. The summed E-state index contributed by atoms with van der Waals surface area (Å²) < 4.78 is 27.4. The molecular formula is C19H17F2N3O2S. The lowest BCUT2D eigenvalue weighted by Crippen LogP contribution is -2.28. The molecule has 1 heterocycles. The van der Waals surface area contributed by atoms with Gasteiger partial charge in [0.25, 0.3) is 5.91 Å². The van der Waals surface area contributed by atoms with Crippen LogP contribution in [-0.2, 0) is 11.2 Å². The Kier molecular flexibility index (Phi) is 5.75. The Morgan fingerprint density at radius 2 is 1.96 bits per heavy atom. The number of thiazole rings is 1. The molecule has 3 aromatic rings.